The van der Waals surface area contributed by atoms with Gasteiger partial charge in [-0.1, -0.05) is 43.4 Å². The zero-order valence-electron chi connectivity index (χ0n) is 15.7. The van der Waals surface area contributed by atoms with Crippen LogP contribution in [0.15, 0.2) is 45.2 Å². The van der Waals surface area contributed by atoms with Crippen LogP contribution in [0.3, 0.4) is 0 Å². The molecule has 26 heavy (non-hydrogen) atoms. The minimum atomic E-state index is -0.0330. The van der Waals surface area contributed by atoms with Gasteiger partial charge >= 0.3 is 0 Å². The molecule has 0 radical (unpaired) electrons. The second kappa shape index (κ2) is 8.98. The molecule has 0 amide bonds. The van der Waals surface area contributed by atoms with E-state index < -0.39 is 0 Å². The Balaban J connectivity index is 2.18. The van der Waals surface area contributed by atoms with Gasteiger partial charge in [-0.25, -0.2) is 15.0 Å². The molecule has 0 unspecified atom stereocenters. The highest BCUT2D eigenvalue weighted by atomic mass is 127. The maximum Gasteiger partial charge on any atom is 0.227 e. The fourth-order valence-electron chi connectivity index (χ4n) is 2.09. The van der Waals surface area contributed by atoms with E-state index in [1.54, 1.807) is 19.6 Å². The molecule has 0 bridgehead atoms. The van der Waals surface area contributed by atoms with Crippen LogP contribution in [0.5, 0.6) is 5.75 Å². The minimum Gasteiger partial charge on any atom is -0.494 e. The molecule has 2 rings (SSSR count). The first-order chi connectivity index (χ1) is 12.3. The molecule has 0 saturated heterocycles. The van der Waals surface area contributed by atoms with E-state index in [1.807, 2.05) is 35.3 Å². The monoisotopic (exact) mass is 465 g/mol. The van der Waals surface area contributed by atoms with Gasteiger partial charge in [-0.2, -0.15) is 0 Å². The van der Waals surface area contributed by atoms with Gasteiger partial charge in [0.2, 0.25) is 5.95 Å². The first-order valence-corrected chi connectivity index (χ1v) is 9.42. The van der Waals surface area contributed by atoms with Crippen molar-refractivity contribution in [1.29, 1.82) is 0 Å². The summed E-state index contributed by atoms with van der Waals surface area (Å²) in [6, 6.07) is 7.69. The maximum absolute atomic E-state index is 5.46. The summed E-state index contributed by atoms with van der Waals surface area (Å²) in [5.41, 5.74) is 3.54. The average Bonchev–Trinajstić information content (AvgIpc) is 2.62. The van der Waals surface area contributed by atoms with E-state index in [1.165, 1.54) is 0 Å². The summed E-state index contributed by atoms with van der Waals surface area (Å²) in [4.78, 5) is 13.1. The number of hydrogen-bond acceptors (Lipinski definition) is 5. The predicted octanol–water partition coefficient (Wildman–Crippen LogP) is 5.26. The topological polar surface area (TPSA) is 71.4 Å². The highest BCUT2D eigenvalue weighted by Gasteiger charge is 2.16. The minimum absolute atomic E-state index is 0.0330. The third-order valence-corrected chi connectivity index (χ3v) is 4.43. The molecule has 7 heteroatoms. The number of anilines is 3. The van der Waals surface area contributed by atoms with Crippen molar-refractivity contribution in [3.63, 3.8) is 0 Å². The number of halogens is 1. The largest absolute Gasteiger partial charge is 0.494 e. The molecule has 0 aliphatic heterocycles. The molecule has 0 aliphatic rings. The lowest BCUT2D eigenvalue weighted by Gasteiger charge is -2.18. The third kappa shape index (κ3) is 5.69. The van der Waals surface area contributed by atoms with Crippen LogP contribution in [-0.2, 0) is 5.41 Å². The lowest BCUT2D eigenvalue weighted by molar-refractivity contribution is 0.417. The van der Waals surface area contributed by atoms with E-state index in [2.05, 4.69) is 69.0 Å². The van der Waals surface area contributed by atoms with E-state index >= 15 is 0 Å². The first-order valence-electron chi connectivity index (χ1n) is 8.18. The number of aromatic nitrogens is 2. The summed E-state index contributed by atoms with van der Waals surface area (Å²) in [6.07, 6.45) is 3.41. The van der Waals surface area contributed by atoms with Gasteiger partial charge in [0.1, 0.15) is 5.75 Å². The summed E-state index contributed by atoms with van der Waals surface area (Å²) in [5, 5.41) is 6.36. The highest BCUT2D eigenvalue weighted by molar-refractivity contribution is 14.1. The number of nitrogens with zero attached hydrogens (tertiary/aromatic N) is 3. The smallest absolute Gasteiger partial charge is 0.227 e. The van der Waals surface area contributed by atoms with Gasteiger partial charge < -0.3 is 15.4 Å². The zero-order chi connectivity index (χ0) is 19.2. The van der Waals surface area contributed by atoms with E-state index in [-0.39, 0.29) is 5.41 Å². The first kappa shape index (κ1) is 20.2. The fourth-order valence-corrected chi connectivity index (χ4v) is 2.25. The number of hydrogen-bond donors (Lipinski definition) is 2. The maximum atomic E-state index is 5.46. The van der Waals surface area contributed by atoms with Crippen LogP contribution in [0.2, 0.25) is 0 Å². The molecular formula is C19H24IN5O. The second-order valence-corrected chi connectivity index (χ2v) is 7.33. The quantitative estimate of drug-likeness (QED) is 0.346. The van der Waals surface area contributed by atoms with Crippen molar-refractivity contribution in [2.24, 2.45) is 4.99 Å². The zero-order valence-corrected chi connectivity index (χ0v) is 17.8. The number of benzene rings is 1. The van der Waals surface area contributed by atoms with Crippen LogP contribution in [-0.4, -0.2) is 23.4 Å². The van der Waals surface area contributed by atoms with Gasteiger partial charge in [-0.3, -0.25) is 0 Å². The van der Waals surface area contributed by atoms with Crippen molar-refractivity contribution < 1.29 is 4.74 Å². The van der Waals surface area contributed by atoms with Crippen molar-refractivity contribution in [3.05, 3.63) is 45.9 Å². The molecule has 1 aromatic heterocycles. The SMILES string of the molecule is COc1cc(Nc2nccc(C(C)(C)C)n2)ccc1N/C=N\C(C)=C/I. The molecule has 2 aromatic rings. The average molecular weight is 465 g/mol. The molecule has 0 saturated carbocycles. The molecule has 1 aromatic carbocycles. The van der Waals surface area contributed by atoms with E-state index in [0.29, 0.717) is 11.7 Å². The number of ether oxygens (including phenoxy) is 1. The van der Waals surface area contributed by atoms with Crippen molar-refractivity contribution in [2.45, 2.75) is 33.1 Å². The molecule has 0 fully saturated rings. The highest BCUT2D eigenvalue weighted by Crippen LogP contribution is 2.29. The van der Waals surface area contributed by atoms with Crippen LogP contribution in [0.1, 0.15) is 33.4 Å². The van der Waals surface area contributed by atoms with Crippen molar-refractivity contribution in [1.82, 2.24) is 9.97 Å². The van der Waals surface area contributed by atoms with Crippen molar-refractivity contribution >= 4 is 46.3 Å². The summed E-state index contributed by atoms with van der Waals surface area (Å²) < 4.78 is 7.37. The lowest BCUT2D eigenvalue weighted by Crippen LogP contribution is -2.14. The van der Waals surface area contributed by atoms with Crippen LogP contribution in [0.4, 0.5) is 17.3 Å². The number of nitrogens with one attached hydrogen (secondary N) is 2. The molecule has 0 aliphatic carbocycles. The van der Waals surface area contributed by atoms with Gasteiger partial charge in [0, 0.05) is 29.1 Å². The van der Waals surface area contributed by atoms with Gasteiger partial charge in [-0.05, 0) is 29.2 Å². The molecule has 138 valence electrons. The normalized spacial score (nSPS) is 12.3. The van der Waals surface area contributed by atoms with E-state index in [4.69, 9.17) is 4.74 Å². The van der Waals surface area contributed by atoms with Gasteiger partial charge in [0.05, 0.1) is 24.8 Å². The van der Waals surface area contributed by atoms with Crippen LogP contribution < -0.4 is 15.4 Å². The Labute approximate surface area is 168 Å². The van der Waals surface area contributed by atoms with E-state index in [9.17, 15) is 0 Å². The Bertz CT molecular complexity index is 812. The summed E-state index contributed by atoms with van der Waals surface area (Å²) >= 11 is 2.16. The van der Waals surface area contributed by atoms with Crippen molar-refractivity contribution in [3.8, 4) is 5.75 Å². The number of aliphatic imine (C=N–C) groups is 1. The molecule has 1 heterocycles. The molecule has 2 N–H and O–H groups in total. The standard InChI is InChI=1S/C19H24IN5O/c1-13(11-20)22-12-23-15-7-6-14(10-16(15)26-5)24-18-21-9-8-17(25-18)19(2,3)4/h6-12H,1-5H3,(H,22,23)(H,21,24,25)/b13-11-. The Morgan fingerprint density at radius 3 is 2.69 bits per heavy atom. The lowest BCUT2D eigenvalue weighted by atomic mass is 9.92. The summed E-state index contributed by atoms with van der Waals surface area (Å²) in [5.74, 6) is 1.26. The van der Waals surface area contributed by atoms with Gasteiger partial charge in [0.15, 0.2) is 0 Å². The van der Waals surface area contributed by atoms with Crippen LogP contribution in [0, 0.1) is 0 Å². The van der Waals surface area contributed by atoms with Crippen LogP contribution in [0.25, 0.3) is 0 Å². The van der Waals surface area contributed by atoms with E-state index in [0.717, 1.165) is 22.8 Å². The fraction of sp³-hybridized carbons (Fsp3) is 0.316. The summed E-state index contributed by atoms with van der Waals surface area (Å²) in [6.45, 7) is 8.30. The molecular weight excluding hydrogens is 441 g/mol. The van der Waals surface area contributed by atoms with Gasteiger partial charge in [0.25, 0.3) is 0 Å². The second-order valence-electron chi connectivity index (χ2n) is 6.71. The molecule has 0 atom stereocenters. The summed E-state index contributed by atoms with van der Waals surface area (Å²) in [7, 11) is 1.63. The Hall–Kier alpha value is -2.16. The third-order valence-electron chi connectivity index (χ3n) is 3.53. The van der Waals surface area contributed by atoms with Gasteiger partial charge in [-0.15, -0.1) is 0 Å². The Morgan fingerprint density at radius 2 is 2.04 bits per heavy atom. The number of allylic oxidation sites excluding steroid dienone is 1. The van der Waals surface area contributed by atoms with Crippen LogP contribution >= 0.6 is 22.6 Å². The number of methoxy groups -OCH3 is 1. The number of rotatable bonds is 6. The Kier molecular flexibility index (Phi) is 6.96. The predicted molar refractivity (Wildman–Crippen MR) is 117 cm³/mol. The van der Waals surface area contributed by atoms with Crippen molar-refractivity contribution in [2.75, 3.05) is 17.7 Å². The molecule has 6 nitrogen and oxygen atoms in total. The Morgan fingerprint density at radius 1 is 1.27 bits per heavy atom. The molecule has 0 spiro atoms.